The Labute approximate surface area is 300 Å². The summed E-state index contributed by atoms with van der Waals surface area (Å²) in [6.45, 7) is 0. The maximum absolute atomic E-state index is 4.30. The van der Waals surface area contributed by atoms with Crippen LogP contribution in [0.25, 0.3) is 38.6 Å². The first kappa shape index (κ1) is 29.5. The van der Waals surface area contributed by atoms with E-state index in [2.05, 4.69) is 136 Å². The summed E-state index contributed by atoms with van der Waals surface area (Å²) < 4.78 is 0. The molecule has 1 spiro atoms. The number of benzene rings is 4. The molecule has 12 rings (SSSR count). The van der Waals surface area contributed by atoms with Crippen molar-refractivity contribution < 1.29 is 0 Å². The minimum atomic E-state index is 0.299. The normalized spacial score (nSPS) is 26.7. The largest absolute Gasteiger partial charge is 0.310 e. The number of allylic oxidation sites excluding steroid dienone is 4. The molecule has 0 radical (unpaired) electrons. The van der Waals surface area contributed by atoms with E-state index in [1.165, 1.54) is 88.5 Å². The third kappa shape index (κ3) is 4.37. The summed E-state index contributed by atoms with van der Waals surface area (Å²) in [4.78, 5) is 11.0. The average Bonchev–Trinajstić information content (AvgIpc) is 3.48. The van der Waals surface area contributed by atoms with Crippen LogP contribution < -0.4 is 4.90 Å². The Bertz CT molecular complexity index is 2330. The van der Waals surface area contributed by atoms with E-state index >= 15 is 0 Å². The van der Waals surface area contributed by atoms with Gasteiger partial charge >= 0.3 is 0 Å². The van der Waals surface area contributed by atoms with Gasteiger partial charge < -0.3 is 4.90 Å². The molecule has 51 heavy (non-hydrogen) atoms. The fraction of sp³-hybridized carbons (Fsp3) is 0.250. The van der Waals surface area contributed by atoms with E-state index in [9.17, 15) is 0 Å². The Morgan fingerprint density at radius 2 is 1.22 bits per heavy atom. The summed E-state index contributed by atoms with van der Waals surface area (Å²) in [5.74, 6) is 4.17. The van der Waals surface area contributed by atoms with Gasteiger partial charge in [-0.15, -0.1) is 0 Å². The SMILES string of the molecule is C1=CCC2C(=C1)c1cc(N(c3ccc(-c4ccncc4)cc3)c3ccc(-c4ccncc4)c4ccccc34)ccc1C21C2CC3CC(C2)CC1C3. The molecule has 4 fully saturated rings. The molecule has 0 amide bonds. The number of nitrogens with zero attached hydrogens (tertiary/aromatic N) is 3. The summed E-state index contributed by atoms with van der Waals surface area (Å²) >= 11 is 0. The van der Waals surface area contributed by atoms with Crippen molar-refractivity contribution in [1.82, 2.24) is 9.97 Å². The number of rotatable bonds is 5. The van der Waals surface area contributed by atoms with E-state index in [0.717, 1.165) is 29.4 Å². The van der Waals surface area contributed by atoms with Gasteiger partial charge in [0.1, 0.15) is 0 Å². The maximum Gasteiger partial charge on any atom is 0.0540 e. The first-order valence-electron chi connectivity index (χ1n) is 19.0. The van der Waals surface area contributed by atoms with Gasteiger partial charge in [-0.3, -0.25) is 9.97 Å². The first-order chi connectivity index (χ1) is 25.3. The Morgan fingerprint density at radius 3 is 1.94 bits per heavy atom. The van der Waals surface area contributed by atoms with Crippen molar-refractivity contribution in [3.8, 4) is 22.3 Å². The van der Waals surface area contributed by atoms with E-state index in [-0.39, 0.29) is 0 Å². The van der Waals surface area contributed by atoms with Crippen LogP contribution in [0.4, 0.5) is 17.1 Å². The average molecular weight is 660 g/mol. The van der Waals surface area contributed by atoms with Gasteiger partial charge in [-0.2, -0.15) is 0 Å². The molecule has 6 aliphatic rings. The van der Waals surface area contributed by atoms with E-state index in [4.69, 9.17) is 0 Å². The van der Waals surface area contributed by atoms with Crippen molar-refractivity contribution in [2.24, 2.45) is 29.6 Å². The fourth-order valence-corrected chi connectivity index (χ4v) is 11.8. The second-order valence-corrected chi connectivity index (χ2v) is 15.8. The van der Waals surface area contributed by atoms with E-state index in [0.29, 0.717) is 11.3 Å². The van der Waals surface area contributed by atoms with Crippen molar-refractivity contribution in [3.05, 3.63) is 157 Å². The van der Waals surface area contributed by atoms with Crippen LogP contribution in [0.3, 0.4) is 0 Å². The van der Waals surface area contributed by atoms with Gasteiger partial charge in [0.2, 0.25) is 0 Å². The van der Waals surface area contributed by atoms with Gasteiger partial charge in [-0.1, -0.05) is 66.8 Å². The van der Waals surface area contributed by atoms with Crippen molar-refractivity contribution in [2.75, 3.05) is 4.90 Å². The molecule has 0 aliphatic heterocycles. The fourth-order valence-electron chi connectivity index (χ4n) is 11.8. The predicted molar refractivity (Wildman–Crippen MR) is 209 cm³/mol. The number of hydrogen-bond donors (Lipinski definition) is 0. The summed E-state index contributed by atoms with van der Waals surface area (Å²) in [5, 5.41) is 2.48. The standard InChI is InChI=1S/C48H41N3/c1-2-7-43-41(5-1)40(35-19-23-50-24-20-35)14-16-47(43)51(38-11-9-33(10-12-38)34-17-21-49-22-18-34)39-13-15-46-44(30-39)42-6-3-4-8-45(42)48(46)36-26-31-25-32(28-36)29-37(48)27-31/h1-7,9-24,30-32,36-37,45H,8,25-29H2. The number of hydrogen-bond acceptors (Lipinski definition) is 3. The van der Waals surface area contributed by atoms with Crippen molar-refractivity contribution >= 4 is 33.4 Å². The van der Waals surface area contributed by atoms with E-state index in [1.54, 1.807) is 11.1 Å². The minimum Gasteiger partial charge on any atom is -0.310 e. The molecule has 6 aliphatic carbocycles. The smallest absolute Gasteiger partial charge is 0.0540 e. The van der Waals surface area contributed by atoms with Crippen LogP contribution >= 0.6 is 0 Å². The van der Waals surface area contributed by atoms with Crippen LogP contribution in [0, 0.1) is 29.6 Å². The lowest BCUT2D eigenvalue weighted by molar-refractivity contribution is -0.0748. The molecule has 0 saturated heterocycles. The van der Waals surface area contributed by atoms with Crippen LogP contribution in [0.1, 0.15) is 49.7 Å². The van der Waals surface area contributed by atoms with E-state index in [1.807, 2.05) is 24.8 Å². The van der Waals surface area contributed by atoms with Crippen molar-refractivity contribution in [1.29, 1.82) is 0 Å². The maximum atomic E-state index is 4.30. The minimum absolute atomic E-state index is 0.299. The summed E-state index contributed by atoms with van der Waals surface area (Å²) in [6.07, 6.45) is 23.2. The molecule has 1 unspecified atom stereocenters. The highest BCUT2D eigenvalue weighted by molar-refractivity contribution is 6.06. The van der Waals surface area contributed by atoms with Crippen LogP contribution in [0.2, 0.25) is 0 Å². The molecular formula is C48H41N3. The topological polar surface area (TPSA) is 29.0 Å². The lowest BCUT2D eigenvalue weighted by Gasteiger charge is -2.63. The van der Waals surface area contributed by atoms with Gasteiger partial charge in [0.25, 0.3) is 0 Å². The van der Waals surface area contributed by atoms with Gasteiger partial charge in [-0.25, -0.2) is 0 Å². The lowest BCUT2D eigenvalue weighted by atomic mass is 9.41. The number of anilines is 3. The third-order valence-electron chi connectivity index (χ3n) is 13.5. The van der Waals surface area contributed by atoms with Gasteiger partial charge in [0.05, 0.1) is 5.69 Å². The highest BCUT2D eigenvalue weighted by Gasteiger charge is 2.64. The van der Waals surface area contributed by atoms with Crippen molar-refractivity contribution in [3.63, 3.8) is 0 Å². The van der Waals surface area contributed by atoms with E-state index < -0.39 is 0 Å². The quantitative estimate of drug-likeness (QED) is 0.184. The second kappa shape index (κ2) is 11.4. The van der Waals surface area contributed by atoms with Crippen LogP contribution in [0.15, 0.2) is 146 Å². The second-order valence-electron chi connectivity index (χ2n) is 15.8. The molecule has 4 aromatic carbocycles. The Kier molecular flexibility index (Phi) is 6.56. The molecule has 248 valence electrons. The molecule has 0 N–H and O–H groups in total. The van der Waals surface area contributed by atoms with Crippen molar-refractivity contribution in [2.45, 2.75) is 43.9 Å². The molecule has 2 aromatic heterocycles. The lowest BCUT2D eigenvalue weighted by Crippen LogP contribution is -2.57. The zero-order valence-corrected chi connectivity index (χ0v) is 28.8. The number of fused-ring (bicyclic) bond motifs is 4. The zero-order chi connectivity index (χ0) is 33.5. The Balaban J connectivity index is 1.10. The monoisotopic (exact) mass is 659 g/mol. The Morgan fingerprint density at radius 1 is 0.569 bits per heavy atom. The Hall–Kier alpha value is -5.28. The highest BCUT2D eigenvalue weighted by Crippen LogP contribution is 2.71. The van der Waals surface area contributed by atoms with Crippen LogP contribution in [-0.2, 0) is 5.41 Å². The molecule has 1 atom stereocenters. The molecule has 3 heteroatoms. The molecule has 4 saturated carbocycles. The number of pyridine rings is 2. The summed E-state index contributed by atoms with van der Waals surface area (Å²) in [7, 11) is 0. The molecular weight excluding hydrogens is 619 g/mol. The summed E-state index contributed by atoms with van der Waals surface area (Å²) in [6, 6.07) is 38.6. The van der Waals surface area contributed by atoms with Gasteiger partial charge in [0.15, 0.2) is 0 Å². The summed E-state index contributed by atoms with van der Waals surface area (Å²) in [5.41, 5.74) is 13.4. The molecule has 6 aromatic rings. The third-order valence-corrected chi connectivity index (χ3v) is 13.5. The molecule has 3 nitrogen and oxygen atoms in total. The zero-order valence-electron chi connectivity index (χ0n) is 28.8. The van der Waals surface area contributed by atoms with Gasteiger partial charge in [0, 0.05) is 47.0 Å². The van der Waals surface area contributed by atoms with Crippen LogP contribution in [0.5, 0.6) is 0 Å². The van der Waals surface area contributed by atoms with Gasteiger partial charge in [-0.05, 0) is 167 Å². The first-order valence-corrected chi connectivity index (χ1v) is 19.0. The predicted octanol–water partition coefficient (Wildman–Crippen LogP) is 12.1. The number of aromatic nitrogens is 2. The molecule has 4 bridgehead atoms. The highest BCUT2D eigenvalue weighted by atomic mass is 15.1. The molecule has 2 heterocycles. The van der Waals surface area contributed by atoms with Crippen LogP contribution in [-0.4, -0.2) is 9.97 Å².